The molecule has 1 unspecified atom stereocenters. The molecule has 0 radical (unpaired) electrons. The van der Waals surface area contributed by atoms with Gasteiger partial charge in [0.1, 0.15) is 0 Å². The van der Waals surface area contributed by atoms with E-state index < -0.39 is 0 Å². The zero-order chi connectivity index (χ0) is 14.2. The van der Waals surface area contributed by atoms with Crippen molar-refractivity contribution in [2.24, 2.45) is 5.92 Å². The standard InChI is InChI=1S/C17H29NO2/c1-2-3-4-5-6-7-15-8-9-16(17(15)19)14-18-10-12-20-13-11-18/h7,16H,2-6,8-14H2,1H3/b15-7+. The number of carbonyl (C=O) groups excluding carboxylic acids is 1. The van der Waals surface area contributed by atoms with Crippen molar-refractivity contribution in [1.82, 2.24) is 4.90 Å². The van der Waals surface area contributed by atoms with Crippen molar-refractivity contribution < 1.29 is 9.53 Å². The van der Waals surface area contributed by atoms with Crippen LogP contribution in [0.25, 0.3) is 0 Å². The lowest BCUT2D eigenvalue weighted by molar-refractivity contribution is -0.118. The van der Waals surface area contributed by atoms with E-state index in [1.807, 2.05) is 0 Å². The number of allylic oxidation sites excluding steroid dienone is 2. The highest BCUT2D eigenvalue weighted by molar-refractivity contribution is 5.99. The van der Waals surface area contributed by atoms with Crippen molar-refractivity contribution in [2.45, 2.75) is 51.9 Å². The summed E-state index contributed by atoms with van der Waals surface area (Å²) < 4.78 is 5.36. The van der Waals surface area contributed by atoms with Gasteiger partial charge >= 0.3 is 0 Å². The lowest BCUT2D eigenvalue weighted by Crippen LogP contribution is -2.40. The Bertz CT molecular complexity index is 332. The van der Waals surface area contributed by atoms with E-state index in [-0.39, 0.29) is 5.92 Å². The van der Waals surface area contributed by atoms with Crippen molar-refractivity contribution in [1.29, 1.82) is 0 Å². The molecule has 3 heteroatoms. The molecule has 20 heavy (non-hydrogen) atoms. The van der Waals surface area contributed by atoms with Gasteiger partial charge in [-0.1, -0.05) is 32.3 Å². The normalized spacial score (nSPS) is 26.6. The maximum atomic E-state index is 12.4. The molecule has 2 rings (SSSR count). The number of ketones is 1. The molecule has 0 aromatic heterocycles. The first-order valence-electron chi connectivity index (χ1n) is 8.34. The summed E-state index contributed by atoms with van der Waals surface area (Å²) in [5.41, 5.74) is 1.11. The van der Waals surface area contributed by atoms with Gasteiger partial charge in [-0.25, -0.2) is 0 Å². The second-order valence-electron chi connectivity index (χ2n) is 6.09. The molecule has 0 spiro atoms. The number of hydrogen-bond acceptors (Lipinski definition) is 3. The number of nitrogens with zero attached hydrogens (tertiary/aromatic N) is 1. The van der Waals surface area contributed by atoms with Crippen molar-refractivity contribution in [3.63, 3.8) is 0 Å². The molecule has 2 aliphatic rings. The van der Waals surface area contributed by atoms with Crippen molar-refractivity contribution in [2.75, 3.05) is 32.8 Å². The highest BCUT2D eigenvalue weighted by atomic mass is 16.5. The second-order valence-corrected chi connectivity index (χ2v) is 6.09. The van der Waals surface area contributed by atoms with Crippen molar-refractivity contribution in [3.8, 4) is 0 Å². The Morgan fingerprint density at radius 2 is 2.05 bits per heavy atom. The summed E-state index contributed by atoms with van der Waals surface area (Å²) in [5, 5.41) is 0. The van der Waals surface area contributed by atoms with E-state index in [4.69, 9.17) is 4.74 Å². The van der Waals surface area contributed by atoms with E-state index in [1.165, 1.54) is 25.7 Å². The quantitative estimate of drug-likeness (QED) is 0.529. The van der Waals surface area contributed by atoms with Crippen LogP contribution in [-0.2, 0) is 9.53 Å². The zero-order valence-corrected chi connectivity index (χ0v) is 12.9. The fourth-order valence-corrected chi connectivity index (χ4v) is 3.17. The molecule has 1 heterocycles. The van der Waals surface area contributed by atoms with Crippen LogP contribution in [0.1, 0.15) is 51.9 Å². The summed E-state index contributed by atoms with van der Waals surface area (Å²) >= 11 is 0. The van der Waals surface area contributed by atoms with Crippen LogP contribution in [0, 0.1) is 5.92 Å². The minimum atomic E-state index is 0.245. The van der Waals surface area contributed by atoms with E-state index in [0.717, 1.165) is 57.7 Å². The highest BCUT2D eigenvalue weighted by Crippen LogP contribution is 2.28. The van der Waals surface area contributed by atoms with Crippen LogP contribution < -0.4 is 0 Å². The molecule has 0 amide bonds. The third-order valence-corrected chi connectivity index (χ3v) is 4.48. The Balaban J connectivity index is 1.72. The Kier molecular flexibility index (Phi) is 6.74. The molecule has 1 saturated heterocycles. The van der Waals surface area contributed by atoms with Gasteiger partial charge in [-0.3, -0.25) is 9.69 Å². The van der Waals surface area contributed by atoms with Crippen LogP contribution in [0.3, 0.4) is 0 Å². The summed E-state index contributed by atoms with van der Waals surface area (Å²) in [6.07, 6.45) is 10.5. The maximum absolute atomic E-state index is 12.4. The van der Waals surface area contributed by atoms with E-state index >= 15 is 0 Å². The van der Waals surface area contributed by atoms with Crippen LogP contribution in [0.2, 0.25) is 0 Å². The first-order valence-corrected chi connectivity index (χ1v) is 8.34. The van der Waals surface area contributed by atoms with Gasteiger partial charge in [0.2, 0.25) is 0 Å². The fraction of sp³-hybridized carbons (Fsp3) is 0.824. The van der Waals surface area contributed by atoms with Crippen LogP contribution in [-0.4, -0.2) is 43.5 Å². The molecule has 2 fully saturated rings. The minimum Gasteiger partial charge on any atom is -0.379 e. The molecule has 3 nitrogen and oxygen atoms in total. The van der Waals surface area contributed by atoms with Gasteiger partial charge in [0, 0.05) is 25.6 Å². The zero-order valence-electron chi connectivity index (χ0n) is 12.9. The number of morpholine rings is 1. The lowest BCUT2D eigenvalue weighted by atomic mass is 10.0. The minimum absolute atomic E-state index is 0.245. The number of ether oxygens (including phenoxy) is 1. The topological polar surface area (TPSA) is 29.5 Å². The third kappa shape index (κ3) is 4.71. The lowest BCUT2D eigenvalue weighted by Gasteiger charge is -2.28. The predicted octanol–water partition coefficient (Wildman–Crippen LogP) is 3.19. The van der Waals surface area contributed by atoms with E-state index in [2.05, 4.69) is 17.9 Å². The molecule has 0 aromatic carbocycles. The second kappa shape index (κ2) is 8.58. The fourth-order valence-electron chi connectivity index (χ4n) is 3.17. The summed E-state index contributed by atoms with van der Waals surface area (Å²) in [6.45, 7) is 6.78. The Morgan fingerprint density at radius 1 is 1.25 bits per heavy atom. The Hall–Kier alpha value is -0.670. The molecule has 1 atom stereocenters. The molecule has 0 N–H and O–H groups in total. The van der Waals surface area contributed by atoms with Gasteiger partial charge in [-0.05, 0) is 31.3 Å². The first-order chi connectivity index (χ1) is 9.81. The number of Topliss-reactive ketones (excluding diaryl/α,β-unsaturated/α-hetero) is 1. The molecule has 0 bridgehead atoms. The van der Waals surface area contributed by atoms with Gasteiger partial charge < -0.3 is 4.74 Å². The number of unbranched alkanes of at least 4 members (excludes halogenated alkanes) is 4. The van der Waals surface area contributed by atoms with Gasteiger partial charge in [-0.15, -0.1) is 0 Å². The number of hydrogen-bond donors (Lipinski definition) is 0. The summed E-state index contributed by atoms with van der Waals surface area (Å²) in [7, 11) is 0. The van der Waals surface area contributed by atoms with Crippen LogP contribution in [0.15, 0.2) is 11.6 Å². The monoisotopic (exact) mass is 279 g/mol. The van der Waals surface area contributed by atoms with Gasteiger partial charge in [0.15, 0.2) is 5.78 Å². The van der Waals surface area contributed by atoms with E-state index in [9.17, 15) is 4.79 Å². The number of rotatable bonds is 7. The summed E-state index contributed by atoms with van der Waals surface area (Å²) in [4.78, 5) is 14.8. The van der Waals surface area contributed by atoms with Crippen molar-refractivity contribution in [3.05, 3.63) is 11.6 Å². The molecule has 1 saturated carbocycles. The predicted molar refractivity (Wildman–Crippen MR) is 81.8 cm³/mol. The summed E-state index contributed by atoms with van der Waals surface area (Å²) in [6, 6.07) is 0. The average Bonchev–Trinajstić information content (AvgIpc) is 2.81. The number of carbonyl (C=O) groups is 1. The van der Waals surface area contributed by atoms with Gasteiger partial charge in [-0.2, -0.15) is 0 Å². The van der Waals surface area contributed by atoms with Crippen LogP contribution >= 0.6 is 0 Å². The van der Waals surface area contributed by atoms with Gasteiger partial charge in [0.25, 0.3) is 0 Å². The largest absolute Gasteiger partial charge is 0.379 e. The Morgan fingerprint density at radius 3 is 2.80 bits per heavy atom. The molecular formula is C17H29NO2. The van der Waals surface area contributed by atoms with Crippen LogP contribution in [0.5, 0.6) is 0 Å². The molecule has 114 valence electrons. The molecule has 1 aliphatic carbocycles. The third-order valence-electron chi connectivity index (χ3n) is 4.48. The average molecular weight is 279 g/mol. The first kappa shape index (κ1) is 15.7. The summed E-state index contributed by atoms with van der Waals surface area (Å²) in [5.74, 6) is 0.668. The SMILES string of the molecule is CCCCCC/C=C1\CCC(CN2CCOCC2)C1=O. The van der Waals surface area contributed by atoms with E-state index in [1.54, 1.807) is 0 Å². The van der Waals surface area contributed by atoms with Crippen LogP contribution in [0.4, 0.5) is 0 Å². The smallest absolute Gasteiger partial charge is 0.162 e. The Labute approximate surface area is 123 Å². The van der Waals surface area contributed by atoms with Gasteiger partial charge in [0.05, 0.1) is 13.2 Å². The maximum Gasteiger partial charge on any atom is 0.162 e. The molecule has 1 aliphatic heterocycles. The molecular weight excluding hydrogens is 250 g/mol. The van der Waals surface area contributed by atoms with Crippen molar-refractivity contribution >= 4 is 5.78 Å². The van der Waals surface area contributed by atoms with E-state index in [0.29, 0.717) is 5.78 Å². The molecule has 0 aromatic rings. The highest BCUT2D eigenvalue weighted by Gasteiger charge is 2.30.